The number of imidazole rings is 1. The van der Waals surface area contributed by atoms with Gasteiger partial charge in [-0.05, 0) is 62.8 Å². The number of thiophene rings is 1. The number of fused-ring (bicyclic) bond motifs is 2. The summed E-state index contributed by atoms with van der Waals surface area (Å²) in [6.45, 7) is 1.53. The minimum Gasteiger partial charge on any atom is -0.337 e. The molecule has 9 nitrogen and oxygen atoms in total. The maximum atomic E-state index is 13.8. The summed E-state index contributed by atoms with van der Waals surface area (Å²) in [5.74, 6) is -1.25. The van der Waals surface area contributed by atoms with E-state index >= 15 is 0 Å². The monoisotopic (exact) mass is 610 g/mol. The standard InChI is InChI=1S/C30H29F3N6O3S/c1-36(2)21-6-9-37(15-21)28(41)18-11-19(30(31,32)33)13-20(12-18)35-27(40)23-17-43-25-16-38(10-7-22(23)25)29(42)24-14-34-26-5-3-4-8-39(24)26/h3-5,8,11-14,17,21H,6-7,9-10,15-16H2,1-2H3,(H,35,40)/t21-/m1/s1. The van der Waals surface area contributed by atoms with Crippen molar-refractivity contribution in [1.29, 1.82) is 0 Å². The second kappa shape index (κ2) is 11.1. The van der Waals surface area contributed by atoms with E-state index in [9.17, 15) is 27.6 Å². The summed E-state index contributed by atoms with van der Waals surface area (Å²) in [6, 6.07) is 8.58. The van der Waals surface area contributed by atoms with Gasteiger partial charge in [0.2, 0.25) is 0 Å². The minimum absolute atomic E-state index is 0.105. The highest BCUT2D eigenvalue weighted by Gasteiger charge is 2.34. The summed E-state index contributed by atoms with van der Waals surface area (Å²) in [7, 11) is 3.80. The van der Waals surface area contributed by atoms with Gasteiger partial charge in [0.05, 0.1) is 23.9 Å². The molecule has 0 saturated carbocycles. The van der Waals surface area contributed by atoms with Gasteiger partial charge in [0.15, 0.2) is 0 Å². The van der Waals surface area contributed by atoms with Crippen LogP contribution in [0.25, 0.3) is 5.65 Å². The van der Waals surface area contributed by atoms with E-state index in [0.717, 1.165) is 29.0 Å². The molecule has 2 aliphatic heterocycles. The fourth-order valence-electron chi connectivity index (χ4n) is 5.66. The molecule has 43 heavy (non-hydrogen) atoms. The van der Waals surface area contributed by atoms with Gasteiger partial charge in [0, 0.05) is 53.4 Å². The van der Waals surface area contributed by atoms with E-state index in [0.29, 0.717) is 49.5 Å². The third-order valence-corrected chi connectivity index (χ3v) is 9.07. The first-order chi connectivity index (χ1) is 20.5. The smallest absolute Gasteiger partial charge is 0.337 e. The average Bonchev–Trinajstić information content (AvgIpc) is 3.74. The summed E-state index contributed by atoms with van der Waals surface area (Å²) in [6.07, 6.45) is -0.244. The van der Waals surface area contributed by atoms with E-state index in [-0.39, 0.29) is 23.2 Å². The van der Waals surface area contributed by atoms with E-state index in [4.69, 9.17) is 0 Å². The summed E-state index contributed by atoms with van der Waals surface area (Å²) in [5, 5.41) is 4.25. The number of halogens is 3. The first kappa shape index (κ1) is 28.9. The predicted molar refractivity (Wildman–Crippen MR) is 155 cm³/mol. The number of rotatable bonds is 5. The van der Waals surface area contributed by atoms with Crippen LogP contribution in [0.15, 0.2) is 54.2 Å². The van der Waals surface area contributed by atoms with Gasteiger partial charge in [-0.1, -0.05) is 6.07 Å². The lowest BCUT2D eigenvalue weighted by atomic mass is 10.0. The van der Waals surface area contributed by atoms with E-state index in [1.54, 1.807) is 32.0 Å². The summed E-state index contributed by atoms with van der Waals surface area (Å²) in [5.41, 5.74) is 0.974. The Morgan fingerprint density at radius 3 is 2.63 bits per heavy atom. The van der Waals surface area contributed by atoms with Crippen LogP contribution < -0.4 is 5.32 Å². The van der Waals surface area contributed by atoms with E-state index < -0.39 is 23.6 Å². The molecule has 4 aromatic rings. The number of alkyl halides is 3. The number of pyridine rings is 1. The normalized spacial score (nSPS) is 17.0. The van der Waals surface area contributed by atoms with Crippen molar-refractivity contribution >= 4 is 40.4 Å². The molecule has 0 unspecified atom stereocenters. The molecule has 1 atom stereocenters. The molecule has 1 saturated heterocycles. The topological polar surface area (TPSA) is 90.3 Å². The summed E-state index contributed by atoms with van der Waals surface area (Å²) < 4.78 is 43.1. The van der Waals surface area contributed by atoms with Crippen molar-refractivity contribution in [1.82, 2.24) is 24.1 Å². The molecule has 2 aliphatic rings. The lowest BCUT2D eigenvalue weighted by Crippen LogP contribution is -2.36. The molecular formula is C30H29F3N6O3S. The largest absolute Gasteiger partial charge is 0.416 e. The number of amides is 3. The molecular weight excluding hydrogens is 581 g/mol. The van der Waals surface area contributed by atoms with Crippen LogP contribution in [0.1, 0.15) is 53.6 Å². The van der Waals surface area contributed by atoms with Gasteiger partial charge in [0.1, 0.15) is 11.3 Å². The zero-order valence-electron chi connectivity index (χ0n) is 23.5. The van der Waals surface area contributed by atoms with Gasteiger partial charge in [-0.25, -0.2) is 4.98 Å². The number of carbonyl (C=O) groups is 3. The Morgan fingerprint density at radius 1 is 1.07 bits per heavy atom. The van der Waals surface area contributed by atoms with Crippen LogP contribution in [0.5, 0.6) is 0 Å². The number of likely N-dealkylation sites (tertiary alicyclic amines) is 1. The second-order valence-electron chi connectivity index (χ2n) is 11.0. The van der Waals surface area contributed by atoms with Crippen molar-refractivity contribution in [2.45, 2.75) is 31.6 Å². The number of aromatic nitrogens is 2. The lowest BCUT2D eigenvalue weighted by molar-refractivity contribution is -0.137. The Bertz CT molecular complexity index is 1730. The molecule has 0 radical (unpaired) electrons. The van der Waals surface area contributed by atoms with Crippen LogP contribution in [-0.2, 0) is 19.1 Å². The predicted octanol–water partition coefficient (Wildman–Crippen LogP) is 4.64. The second-order valence-corrected chi connectivity index (χ2v) is 12.0. The molecule has 3 amide bonds. The van der Waals surface area contributed by atoms with Crippen molar-refractivity contribution in [3.8, 4) is 0 Å². The fourth-order valence-corrected chi connectivity index (χ4v) is 6.75. The van der Waals surface area contributed by atoms with Crippen LogP contribution in [0.2, 0.25) is 0 Å². The zero-order valence-corrected chi connectivity index (χ0v) is 24.3. The van der Waals surface area contributed by atoms with Gasteiger partial charge < -0.3 is 20.0 Å². The molecule has 6 rings (SSSR count). The first-order valence-corrected chi connectivity index (χ1v) is 14.7. The van der Waals surface area contributed by atoms with E-state index in [1.807, 2.05) is 37.2 Å². The number of nitrogens with one attached hydrogen (secondary N) is 1. The number of anilines is 1. The maximum Gasteiger partial charge on any atom is 0.416 e. The Balaban J connectivity index is 1.20. The maximum absolute atomic E-state index is 13.8. The van der Waals surface area contributed by atoms with Gasteiger partial charge >= 0.3 is 6.18 Å². The highest BCUT2D eigenvalue weighted by Crippen LogP contribution is 2.34. The SMILES string of the molecule is CN(C)[C@@H]1CCN(C(=O)c2cc(NC(=O)c3csc4c3CCN(C(=O)c3cnc5ccccn35)C4)cc(C(F)(F)F)c2)C1. The Hall–Kier alpha value is -4.23. The molecule has 1 N–H and O–H groups in total. The molecule has 0 bridgehead atoms. The molecule has 1 aromatic carbocycles. The molecule has 1 fully saturated rings. The fraction of sp³-hybridized carbons (Fsp3) is 0.333. The van der Waals surface area contributed by atoms with Crippen molar-refractivity contribution in [3.63, 3.8) is 0 Å². The van der Waals surface area contributed by atoms with Gasteiger partial charge in [-0.15, -0.1) is 11.3 Å². The number of likely N-dealkylation sites (N-methyl/N-ethyl adjacent to an activating group) is 1. The number of nitrogens with zero attached hydrogens (tertiary/aromatic N) is 5. The van der Waals surface area contributed by atoms with E-state index in [2.05, 4.69) is 10.3 Å². The number of hydrogen-bond donors (Lipinski definition) is 1. The minimum atomic E-state index is -4.70. The average molecular weight is 611 g/mol. The Kier molecular flexibility index (Phi) is 7.46. The summed E-state index contributed by atoms with van der Waals surface area (Å²) >= 11 is 1.33. The van der Waals surface area contributed by atoms with Crippen molar-refractivity contribution in [2.24, 2.45) is 0 Å². The van der Waals surface area contributed by atoms with Crippen LogP contribution in [0.3, 0.4) is 0 Å². The van der Waals surface area contributed by atoms with Crippen LogP contribution in [-0.4, -0.2) is 81.6 Å². The zero-order chi connectivity index (χ0) is 30.5. The Morgan fingerprint density at radius 2 is 1.88 bits per heavy atom. The van der Waals surface area contributed by atoms with Crippen molar-refractivity contribution < 1.29 is 27.6 Å². The number of carbonyl (C=O) groups excluding carboxylic acids is 3. The number of benzene rings is 1. The summed E-state index contributed by atoms with van der Waals surface area (Å²) in [4.78, 5) is 50.1. The molecule has 224 valence electrons. The third-order valence-electron chi connectivity index (χ3n) is 8.06. The number of hydrogen-bond acceptors (Lipinski definition) is 6. The highest BCUT2D eigenvalue weighted by molar-refractivity contribution is 7.10. The first-order valence-electron chi connectivity index (χ1n) is 13.8. The van der Waals surface area contributed by atoms with Crippen LogP contribution >= 0.6 is 11.3 Å². The molecule has 0 spiro atoms. The van der Waals surface area contributed by atoms with E-state index in [1.165, 1.54) is 17.4 Å². The van der Waals surface area contributed by atoms with Gasteiger partial charge in [-0.2, -0.15) is 13.2 Å². The van der Waals surface area contributed by atoms with Crippen LogP contribution in [0, 0.1) is 0 Å². The van der Waals surface area contributed by atoms with Crippen LogP contribution in [0.4, 0.5) is 18.9 Å². The molecule has 0 aliphatic carbocycles. The van der Waals surface area contributed by atoms with Crippen molar-refractivity contribution in [3.05, 3.63) is 87.0 Å². The lowest BCUT2D eigenvalue weighted by Gasteiger charge is -2.27. The third kappa shape index (κ3) is 5.62. The molecule has 3 aromatic heterocycles. The quantitative estimate of drug-likeness (QED) is 0.356. The van der Waals surface area contributed by atoms with Gasteiger partial charge in [-0.3, -0.25) is 18.8 Å². The highest BCUT2D eigenvalue weighted by atomic mass is 32.1. The molecule has 13 heteroatoms. The molecule has 5 heterocycles. The van der Waals surface area contributed by atoms with Crippen molar-refractivity contribution in [2.75, 3.05) is 39.0 Å². The van der Waals surface area contributed by atoms with Gasteiger partial charge in [0.25, 0.3) is 17.7 Å². The Labute approximate surface area is 249 Å².